The van der Waals surface area contributed by atoms with Gasteiger partial charge < -0.3 is 14.8 Å². The number of amides is 1. The van der Waals surface area contributed by atoms with Gasteiger partial charge in [-0.15, -0.1) is 0 Å². The number of ether oxygens (including phenoxy) is 2. The molecule has 6 nitrogen and oxygen atoms in total. The van der Waals surface area contributed by atoms with Crippen LogP contribution >= 0.6 is 0 Å². The van der Waals surface area contributed by atoms with Crippen LogP contribution in [0.4, 0.5) is 0 Å². The van der Waals surface area contributed by atoms with Crippen molar-refractivity contribution in [2.24, 2.45) is 0 Å². The van der Waals surface area contributed by atoms with Crippen molar-refractivity contribution in [1.29, 1.82) is 5.26 Å². The summed E-state index contributed by atoms with van der Waals surface area (Å²) in [6.45, 7) is 4.22. The zero-order chi connectivity index (χ0) is 18.9. The summed E-state index contributed by atoms with van der Waals surface area (Å²) in [6.07, 6.45) is 0. The maximum Gasteiger partial charge on any atom is 0.338 e. The van der Waals surface area contributed by atoms with E-state index >= 15 is 0 Å². The second-order valence-corrected chi connectivity index (χ2v) is 5.73. The Bertz CT molecular complexity index is 823. The van der Waals surface area contributed by atoms with E-state index in [1.54, 1.807) is 0 Å². The smallest absolute Gasteiger partial charge is 0.338 e. The van der Waals surface area contributed by atoms with E-state index in [-0.39, 0.29) is 12.2 Å². The van der Waals surface area contributed by atoms with E-state index < -0.39 is 11.9 Å². The van der Waals surface area contributed by atoms with Gasteiger partial charge in [0.25, 0.3) is 5.91 Å². The van der Waals surface area contributed by atoms with E-state index in [1.165, 1.54) is 24.3 Å². The monoisotopic (exact) mass is 352 g/mol. The molecule has 2 rings (SSSR count). The summed E-state index contributed by atoms with van der Waals surface area (Å²) in [7, 11) is 0. The largest absolute Gasteiger partial charge is 0.491 e. The van der Waals surface area contributed by atoms with Crippen molar-refractivity contribution in [3.8, 4) is 11.8 Å². The number of nitriles is 1. The number of nitrogens with one attached hydrogen (secondary N) is 1. The molecule has 0 aliphatic carbocycles. The molecule has 1 N–H and O–H groups in total. The predicted molar refractivity (Wildman–Crippen MR) is 95.9 cm³/mol. The van der Waals surface area contributed by atoms with Gasteiger partial charge in [-0.05, 0) is 49.7 Å². The van der Waals surface area contributed by atoms with Gasteiger partial charge in [-0.25, -0.2) is 4.79 Å². The third kappa shape index (κ3) is 5.64. The normalized spacial score (nSPS) is 9.88. The Balaban J connectivity index is 1.68. The molecule has 0 bridgehead atoms. The molecule has 0 aliphatic heterocycles. The first-order chi connectivity index (χ1) is 12.5. The summed E-state index contributed by atoms with van der Waals surface area (Å²) in [6, 6.07) is 13.8. The lowest BCUT2D eigenvalue weighted by atomic mass is 10.1. The van der Waals surface area contributed by atoms with Gasteiger partial charge in [0.05, 0.1) is 23.7 Å². The first-order valence-electron chi connectivity index (χ1n) is 8.13. The van der Waals surface area contributed by atoms with Crippen LogP contribution in [0.15, 0.2) is 42.5 Å². The zero-order valence-electron chi connectivity index (χ0n) is 14.7. The number of esters is 1. The molecular formula is C20H20N2O4. The number of nitrogens with zero attached hydrogens (tertiary/aromatic N) is 1. The van der Waals surface area contributed by atoms with Gasteiger partial charge in [-0.2, -0.15) is 5.26 Å². The molecule has 2 aromatic carbocycles. The molecule has 134 valence electrons. The summed E-state index contributed by atoms with van der Waals surface area (Å²) in [5.41, 5.74) is 2.93. The number of carbonyl (C=O) groups excluding carboxylic acids is 2. The molecule has 0 fully saturated rings. The van der Waals surface area contributed by atoms with Crippen LogP contribution in [-0.4, -0.2) is 31.6 Å². The molecule has 6 heteroatoms. The first-order valence-corrected chi connectivity index (χ1v) is 8.13. The molecule has 2 aromatic rings. The number of hydrogen-bond acceptors (Lipinski definition) is 5. The Morgan fingerprint density at radius 2 is 1.85 bits per heavy atom. The average Bonchev–Trinajstić information content (AvgIpc) is 2.64. The highest BCUT2D eigenvalue weighted by Crippen LogP contribution is 2.18. The standard InChI is InChI=1S/C20H20N2O4/c1-14-3-8-18(15(2)11-14)25-10-9-22-19(23)13-26-20(24)17-6-4-16(12-21)5-7-17/h3-8,11H,9-10,13H2,1-2H3,(H,22,23). The third-order valence-electron chi connectivity index (χ3n) is 3.60. The average molecular weight is 352 g/mol. The minimum atomic E-state index is -0.615. The number of aryl methyl sites for hydroxylation is 2. The minimum Gasteiger partial charge on any atom is -0.491 e. The van der Waals surface area contributed by atoms with Crippen LogP contribution in [0, 0.1) is 25.2 Å². The van der Waals surface area contributed by atoms with E-state index in [2.05, 4.69) is 5.32 Å². The molecular weight excluding hydrogens is 332 g/mol. The van der Waals surface area contributed by atoms with Crippen LogP contribution in [0.25, 0.3) is 0 Å². The van der Waals surface area contributed by atoms with Crippen molar-refractivity contribution in [2.45, 2.75) is 13.8 Å². The van der Waals surface area contributed by atoms with Gasteiger partial charge in [0.2, 0.25) is 0 Å². The highest BCUT2D eigenvalue weighted by molar-refractivity contribution is 5.91. The summed E-state index contributed by atoms with van der Waals surface area (Å²) >= 11 is 0. The summed E-state index contributed by atoms with van der Waals surface area (Å²) < 4.78 is 10.5. The fraction of sp³-hybridized carbons (Fsp3) is 0.250. The van der Waals surface area contributed by atoms with Crippen LogP contribution < -0.4 is 10.1 Å². The van der Waals surface area contributed by atoms with Gasteiger partial charge in [0.15, 0.2) is 6.61 Å². The molecule has 1 amide bonds. The fourth-order valence-electron chi connectivity index (χ4n) is 2.26. The van der Waals surface area contributed by atoms with Gasteiger partial charge in [-0.3, -0.25) is 4.79 Å². The molecule has 0 spiro atoms. The summed E-state index contributed by atoms with van der Waals surface area (Å²) in [5, 5.41) is 11.3. The quantitative estimate of drug-likeness (QED) is 0.611. The van der Waals surface area contributed by atoms with Crippen LogP contribution in [0.3, 0.4) is 0 Å². The van der Waals surface area contributed by atoms with E-state index in [0.29, 0.717) is 18.7 Å². The van der Waals surface area contributed by atoms with Crippen LogP contribution in [0.5, 0.6) is 5.75 Å². The van der Waals surface area contributed by atoms with Crippen molar-refractivity contribution >= 4 is 11.9 Å². The molecule has 0 atom stereocenters. The molecule has 26 heavy (non-hydrogen) atoms. The lowest BCUT2D eigenvalue weighted by Gasteiger charge is -2.10. The number of carbonyl (C=O) groups is 2. The Labute approximate surface area is 152 Å². The highest BCUT2D eigenvalue weighted by atomic mass is 16.5. The molecule has 0 aromatic heterocycles. The van der Waals surface area contributed by atoms with E-state index in [9.17, 15) is 9.59 Å². The molecule has 0 saturated heterocycles. The first kappa shape index (κ1) is 19.0. The van der Waals surface area contributed by atoms with E-state index in [4.69, 9.17) is 14.7 Å². The minimum absolute atomic E-state index is 0.287. The van der Waals surface area contributed by atoms with Gasteiger partial charge in [-0.1, -0.05) is 17.7 Å². The molecule has 0 heterocycles. The highest BCUT2D eigenvalue weighted by Gasteiger charge is 2.10. The maximum absolute atomic E-state index is 11.8. The van der Waals surface area contributed by atoms with Crippen molar-refractivity contribution < 1.29 is 19.1 Å². The summed E-state index contributed by atoms with van der Waals surface area (Å²) in [4.78, 5) is 23.5. The predicted octanol–water partition coefficient (Wildman–Crippen LogP) is 2.53. The van der Waals surface area contributed by atoms with Crippen LogP contribution in [-0.2, 0) is 9.53 Å². The Kier molecular flexibility index (Phi) is 6.75. The fourth-order valence-corrected chi connectivity index (χ4v) is 2.26. The summed E-state index contributed by atoms with van der Waals surface area (Å²) in [5.74, 6) is -0.246. The molecule has 0 saturated carbocycles. The topological polar surface area (TPSA) is 88.4 Å². The number of hydrogen-bond donors (Lipinski definition) is 1. The zero-order valence-corrected chi connectivity index (χ0v) is 14.7. The van der Waals surface area contributed by atoms with Crippen LogP contribution in [0.2, 0.25) is 0 Å². The Hall–Kier alpha value is -3.33. The van der Waals surface area contributed by atoms with Crippen molar-refractivity contribution in [3.63, 3.8) is 0 Å². The van der Waals surface area contributed by atoms with Crippen molar-refractivity contribution in [2.75, 3.05) is 19.8 Å². The maximum atomic E-state index is 11.8. The Morgan fingerprint density at radius 1 is 1.12 bits per heavy atom. The van der Waals surface area contributed by atoms with Gasteiger partial charge >= 0.3 is 5.97 Å². The third-order valence-corrected chi connectivity index (χ3v) is 3.60. The van der Waals surface area contributed by atoms with Gasteiger partial charge in [0, 0.05) is 0 Å². The number of rotatable bonds is 7. The molecule has 0 aliphatic rings. The second kappa shape index (κ2) is 9.23. The van der Waals surface area contributed by atoms with Gasteiger partial charge in [0.1, 0.15) is 12.4 Å². The van der Waals surface area contributed by atoms with Crippen molar-refractivity contribution in [3.05, 3.63) is 64.7 Å². The lowest BCUT2D eigenvalue weighted by molar-refractivity contribution is -0.124. The van der Waals surface area contributed by atoms with Crippen LogP contribution in [0.1, 0.15) is 27.0 Å². The SMILES string of the molecule is Cc1ccc(OCCNC(=O)COC(=O)c2ccc(C#N)cc2)c(C)c1. The lowest BCUT2D eigenvalue weighted by Crippen LogP contribution is -2.32. The van der Waals surface area contributed by atoms with Crippen molar-refractivity contribution in [1.82, 2.24) is 5.32 Å². The molecule has 0 unspecified atom stereocenters. The number of benzene rings is 2. The molecule has 0 radical (unpaired) electrons. The van der Waals surface area contributed by atoms with E-state index in [0.717, 1.165) is 16.9 Å². The van der Waals surface area contributed by atoms with E-state index in [1.807, 2.05) is 38.1 Å². The Morgan fingerprint density at radius 3 is 2.50 bits per heavy atom. The second-order valence-electron chi connectivity index (χ2n) is 5.73.